The minimum Gasteiger partial charge on any atom is -0.300 e. The Bertz CT molecular complexity index is 170. The van der Waals surface area contributed by atoms with Crippen molar-refractivity contribution in [1.29, 1.82) is 0 Å². The fourth-order valence-corrected chi connectivity index (χ4v) is 1.96. The predicted octanol–water partition coefficient (Wildman–Crippen LogP) is 1.49. The second-order valence-electron chi connectivity index (χ2n) is 3.81. The van der Waals surface area contributed by atoms with Crippen LogP contribution < -0.4 is 0 Å². The van der Waals surface area contributed by atoms with Crippen LogP contribution in [0.15, 0.2) is 0 Å². The summed E-state index contributed by atoms with van der Waals surface area (Å²) < 4.78 is 0. The molecular formula is C10H15N. The monoisotopic (exact) mass is 149 g/mol. The van der Waals surface area contributed by atoms with E-state index >= 15 is 0 Å². The number of nitrogens with zero attached hydrogens (tertiary/aromatic N) is 1. The van der Waals surface area contributed by atoms with Crippen molar-refractivity contribution >= 4 is 0 Å². The average Bonchev–Trinajstić information content (AvgIpc) is 1.79. The van der Waals surface area contributed by atoms with Crippen LogP contribution in [0, 0.1) is 18.3 Å². The molecule has 0 unspecified atom stereocenters. The Labute approximate surface area is 68.8 Å². The van der Waals surface area contributed by atoms with Gasteiger partial charge in [-0.15, -0.1) is 12.3 Å². The van der Waals surface area contributed by atoms with E-state index in [1.165, 1.54) is 32.4 Å². The van der Waals surface area contributed by atoms with E-state index in [2.05, 4.69) is 10.8 Å². The first-order valence-corrected chi connectivity index (χ1v) is 4.57. The molecule has 2 aliphatic rings. The van der Waals surface area contributed by atoms with Gasteiger partial charge in [-0.05, 0) is 18.8 Å². The molecule has 0 radical (unpaired) electrons. The molecule has 0 atom stereocenters. The Balaban J connectivity index is 1.67. The van der Waals surface area contributed by atoms with Crippen LogP contribution in [0.2, 0.25) is 0 Å². The van der Waals surface area contributed by atoms with Gasteiger partial charge in [0.25, 0.3) is 0 Å². The molecule has 0 bridgehead atoms. The van der Waals surface area contributed by atoms with E-state index in [0.717, 1.165) is 18.4 Å². The Morgan fingerprint density at radius 1 is 1.36 bits per heavy atom. The second kappa shape index (κ2) is 2.87. The maximum atomic E-state index is 5.24. The van der Waals surface area contributed by atoms with Gasteiger partial charge in [-0.3, -0.25) is 4.90 Å². The molecular weight excluding hydrogens is 134 g/mol. The largest absolute Gasteiger partial charge is 0.300 e. The van der Waals surface area contributed by atoms with Crippen molar-refractivity contribution in [2.45, 2.75) is 31.7 Å². The van der Waals surface area contributed by atoms with E-state index in [1.54, 1.807) is 0 Å². The molecule has 1 heteroatoms. The van der Waals surface area contributed by atoms with Crippen LogP contribution in [-0.4, -0.2) is 24.0 Å². The lowest BCUT2D eigenvalue weighted by Gasteiger charge is -2.47. The van der Waals surface area contributed by atoms with Gasteiger partial charge < -0.3 is 0 Å². The Morgan fingerprint density at radius 3 is 2.55 bits per heavy atom. The number of likely N-dealkylation sites (tertiary alicyclic amines) is 1. The summed E-state index contributed by atoms with van der Waals surface area (Å²) in [5, 5.41) is 0. The quantitative estimate of drug-likeness (QED) is 0.538. The fourth-order valence-electron chi connectivity index (χ4n) is 1.96. The van der Waals surface area contributed by atoms with Gasteiger partial charge in [-0.1, -0.05) is 6.42 Å². The zero-order chi connectivity index (χ0) is 7.68. The number of hydrogen-bond donors (Lipinski definition) is 0. The number of terminal acetylenes is 1. The third-order valence-electron chi connectivity index (χ3n) is 2.98. The first-order valence-electron chi connectivity index (χ1n) is 4.57. The van der Waals surface area contributed by atoms with Gasteiger partial charge in [0, 0.05) is 25.6 Å². The summed E-state index contributed by atoms with van der Waals surface area (Å²) in [7, 11) is 0. The molecule has 0 aromatic heterocycles. The molecule has 0 spiro atoms. The van der Waals surface area contributed by atoms with Gasteiger partial charge >= 0.3 is 0 Å². The third-order valence-corrected chi connectivity index (χ3v) is 2.98. The zero-order valence-corrected chi connectivity index (χ0v) is 6.92. The zero-order valence-electron chi connectivity index (χ0n) is 6.92. The maximum Gasteiger partial charge on any atom is 0.0139 e. The molecule has 1 heterocycles. The smallest absolute Gasteiger partial charge is 0.0139 e. The van der Waals surface area contributed by atoms with Gasteiger partial charge in [0.05, 0.1) is 0 Å². The highest BCUT2D eigenvalue weighted by atomic mass is 15.2. The van der Waals surface area contributed by atoms with Crippen LogP contribution in [0.25, 0.3) is 0 Å². The third kappa shape index (κ3) is 1.28. The van der Waals surface area contributed by atoms with Crippen molar-refractivity contribution in [2.75, 3.05) is 13.1 Å². The van der Waals surface area contributed by atoms with Crippen LogP contribution in [0.1, 0.15) is 25.7 Å². The van der Waals surface area contributed by atoms with Gasteiger partial charge in [-0.25, -0.2) is 0 Å². The van der Waals surface area contributed by atoms with E-state index in [9.17, 15) is 0 Å². The minimum atomic E-state index is 0.820. The molecule has 2 rings (SSSR count). The number of rotatable bonds is 2. The summed E-state index contributed by atoms with van der Waals surface area (Å²) in [4.78, 5) is 2.59. The van der Waals surface area contributed by atoms with Crippen LogP contribution in [0.5, 0.6) is 0 Å². The fraction of sp³-hybridized carbons (Fsp3) is 0.800. The molecule has 0 amide bonds. The van der Waals surface area contributed by atoms with E-state index in [1.807, 2.05) is 0 Å². The SMILES string of the molecule is C#CCC1CN(C2CCC2)C1. The van der Waals surface area contributed by atoms with Crippen molar-refractivity contribution in [3.05, 3.63) is 0 Å². The Kier molecular flexibility index (Phi) is 1.87. The lowest BCUT2D eigenvalue weighted by Crippen LogP contribution is -2.54. The summed E-state index contributed by atoms with van der Waals surface area (Å²) in [6.07, 6.45) is 10.5. The van der Waals surface area contributed by atoms with E-state index in [0.29, 0.717) is 0 Å². The molecule has 11 heavy (non-hydrogen) atoms. The molecule has 1 aliphatic carbocycles. The van der Waals surface area contributed by atoms with Crippen LogP contribution in [0.3, 0.4) is 0 Å². The molecule has 60 valence electrons. The first kappa shape index (κ1) is 7.18. The topological polar surface area (TPSA) is 3.24 Å². The van der Waals surface area contributed by atoms with E-state index < -0.39 is 0 Å². The first-order chi connectivity index (χ1) is 5.40. The van der Waals surface area contributed by atoms with Crippen molar-refractivity contribution in [1.82, 2.24) is 4.90 Å². The maximum absolute atomic E-state index is 5.24. The summed E-state index contributed by atoms with van der Waals surface area (Å²) >= 11 is 0. The summed E-state index contributed by atoms with van der Waals surface area (Å²) in [6, 6.07) is 0.934. The standard InChI is InChI=1S/C10H15N/c1-2-4-9-7-11(8-9)10-5-3-6-10/h1,9-10H,3-8H2. The average molecular weight is 149 g/mol. The molecule has 1 nitrogen and oxygen atoms in total. The van der Waals surface area contributed by atoms with Crippen molar-refractivity contribution in [3.63, 3.8) is 0 Å². The molecule has 0 N–H and O–H groups in total. The summed E-state index contributed by atoms with van der Waals surface area (Å²) in [5.74, 6) is 3.56. The normalized spacial score (nSPS) is 27.2. The molecule has 1 saturated carbocycles. The predicted molar refractivity (Wildman–Crippen MR) is 46.2 cm³/mol. The molecule has 0 aromatic carbocycles. The van der Waals surface area contributed by atoms with Crippen LogP contribution in [-0.2, 0) is 0 Å². The molecule has 2 fully saturated rings. The number of hydrogen-bond acceptors (Lipinski definition) is 1. The molecule has 1 aliphatic heterocycles. The highest BCUT2D eigenvalue weighted by Gasteiger charge is 2.34. The summed E-state index contributed by atoms with van der Waals surface area (Å²) in [6.45, 7) is 2.55. The Morgan fingerprint density at radius 2 is 2.09 bits per heavy atom. The van der Waals surface area contributed by atoms with Crippen molar-refractivity contribution in [2.24, 2.45) is 5.92 Å². The Hall–Kier alpha value is -0.480. The van der Waals surface area contributed by atoms with Gasteiger partial charge in [0.2, 0.25) is 0 Å². The molecule has 1 saturated heterocycles. The van der Waals surface area contributed by atoms with Crippen molar-refractivity contribution < 1.29 is 0 Å². The lowest BCUT2D eigenvalue weighted by atomic mass is 9.85. The van der Waals surface area contributed by atoms with Gasteiger partial charge in [0.1, 0.15) is 0 Å². The highest BCUT2D eigenvalue weighted by Crippen LogP contribution is 2.31. The van der Waals surface area contributed by atoms with E-state index in [-0.39, 0.29) is 0 Å². The van der Waals surface area contributed by atoms with Gasteiger partial charge in [-0.2, -0.15) is 0 Å². The van der Waals surface area contributed by atoms with Gasteiger partial charge in [0.15, 0.2) is 0 Å². The van der Waals surface area contributed by atoms with Crippen LogP contribution >= 0.6 is 0 Å². The second-order valence-corrected chi connectivity index (χ2v) is 3.81. The van der Waals surface area contributed by atoms with Crippen LogP contribution in [0.4, 0.5) is 0 Å². The van der Waals surface area contributed by atoms with E-state index in [4.69, 9.17) is 6.42 Å². The van der Waals surface area contributed by atoms with Crippen molar-refractivity contribution in [3.8, 4) is 12.3 Å². The lowest BCUT2D eigenvalue weighted by molar-refractivity contribution is 0.0192. The molecule has 0 aromatic rings. The summed E-state index contributed by atoms with van der Waals surface area (Å²) in [5.41, 5.74) is 0. The minimum absolute atomic E-state index is 0.820. The highest BCUT2D eigenvalue weighted by molar-refractivity contribution is 4.96.